The molecule has 0 fully saturated rings. The first-order chi connectivity index (χ1) is 13.4. The van der Waals surface area contributed by atoms with Crippen LogP contribution in [0.1, 0.15) is 12.5 Å². The van der Waals surface area contributed by atoms with Crippen LogP contribution in [0.4, 0.5) is 5.69 Å². The van der Waals surface area contributed by atoms with Gasteiger partial charge in [0.25, 0.3) is 0 Å². The van der Waals surface area contributed by atoms with Crippen molar-refractivity contribution in [2.45, 2.75) is 24.3 Å². The molecule has 1 N–H and O–H groups in total. The molecule has 1 amide bonds. The molecule has 0 aliphatic heterocycles. The first kappa shape index (κ1) is 20.4. The van der Waals surface area contributed by atoms with E-state index in [1.165, 1.54) is 11.8 Å². The smallest absolute Gasteiger partial charge is 0.237 e. The number of hydrogen-bond acceptors (Lipinski definition) is 5. The maximum Gasteiger partial charge on any atom is 0.237 e. The van der Waals surface area contributed by atoms with E-state index in [0.29, 0.717) is 5.16 Å². The van der Waals surface area contributed by atoms with Crippen LogP contribution < -0.4 is 10.1 Å². The van der Waals surface area contributed by atoms with E-state index < -0.39 is 0 Å². The van der Waals surface area contributed by atoms with Crippen LogP contribution in [-0.4, -0.2) is 33.0 Å². The molecule has 2 aromatic carbocycles. The van der Waals surface area contributed by atoms with E-state index in [1.54, 1.807) is 7.11 Å². The SMILES string of the molecule is COc1ccc(-c2nnc(SC(C)C(=O)Nc3ccc(C)cc3Br)n2C)cc1. The number of nitrogens with one attached hydrogen (secondary N) is 1. The van der Waals surface area contributed by atoms with Gasteiger partial charge in [0, 0.05) is 17.1 Å². The summed E-state index contributed by atoms with van der Waals surface area (Å²) in [6.45, 7) is 3.85. The molecule has 0 radical (unpaired) electrons. The van der Waals surface area contributed by atoms with Crippen molar-refractivity contribution in [2.75, 3.05) is 12.4 Å². The predicted molar refractivity (Wildman–Crippen MR) is 116 cm³/mol. The van der Waals surface area contributed by atoms with Crippen LogP contribution in [0, 0.1) is 6.92 Å². The summed E-state index contributed by atoms with van der Waals surface area (Å²) in [4.78, 5) is 12.6. The minimum Gasteiger partial charge on any atom is -0.497 e. The van der Waals surface area contributed by atoms with Gasteiger partial charge in [-0.05, 0) is 71.7 Å². The lowest BCUT2D eigenvalue weighted by molar-refractivity contribution is -0.115. The van der Waals surface area contributed by atoms with E-state index in [2.05, 4.69) is 31.4 Å². The first-order valence-corrected chi connectivity index (χ1v) is 10.3. The zero-order valence-electron chi connectivity index (χ0n) is 16.1. The molecule has 0 saturated heterocycles. The normalized spacial score (nSPS) is 11.9. The summed E-state index contributed by atoms with van der Waals surface area (Å²) in [6.07, 6.45) is 0. The highest BCUT2D eigenvalue weighted by Gasteiger charge is 2.20. The van der Waals surface area contributed by atoms with Crippen LogP contribution in [0.15, 0.2) is 52.1 Å². The van der Waals surface area contributed by atoms with E-state index in [-0.39, 0.29) is 11.2 Å². The Balaban J connectivity index is 1.70. The molecule has 1 unspecified atom stereocenters. The Bertz CT molecular complexity index is 988. The van der Waals surface area contributed by atoms with Crippen LogP contribution in [0.3, 0.4) is 0 Å². The van der Waals surface area contributed by atoms with Gasteiger partial charge in [0.05, 0.1) is 18.0 Å². The number of benzene rings is 2. The predicted octanol–water partition coefficient (Wildman–Crippen LogP) is 4.68. The fraction of sp³-hybridized carbons (Fsp3) is 0.250. The molecule has 1 heterocycles. The van der Waals surface area contributed by atoms with Gasteiger partial charge in [0.1, 0.15) is 5.75 Å². The molecule has 6 nitrogen and oxygen atoms in total. The highest BCUT2D eigenvalue weighted by molar-refractivity contribution is 9.10. The van der Waals surface area contributed by atoms with Gasteiger partial charge >= 0.3 is 0 Å². The lowest BCUT2D eigenvalue weighted by atomic mass is 10.2. The number of carbonyl (C=O) groups is 1. The minimum absolute atomic E-state index is 0.0939. The number of anilines is 1. The number of thioether (sulfide) groups is 1. The number of ether oxygens (including phenoxy) is 1. The molecule has 1 aromatic heterocycles. The number of halogens is 1. The van der Waals surface area contributed by atoms with Crippen molar-refractivity contribution < 1.29 is 9.53 Å². The molecular formula is C20H21BrN4O2S. The Hall–Kier alpha value is -2.32. The zero-order chi connectivity index (χ0) is 20.3. The van der Waals surface area contributed by atoms with Crippen molar-refractivity contribution >= 4 is 39.3 Å². The quantitative estimate of drug-likeness (QED) is 0.540. The lowest BCUT2D eigenvalue weighted by Crippen LogP contribution is -2.23. The van der Waals surface area contributed by atoms with E-state index >= 15 is 0 Å². The maximum atomic E-state index is 12.6. The average Bonchev–Trinajstić information content (AvgIpc) is 3.04. The van der Waals surface area contributed by atoms with E-state index in [9.17, 15) is 4.79 Å². The van der Waals surface area contributed by atoms with E-state index in [0.717, 1.165) is 32.9 Å². The molecule has 0 aliphatic carbocycles. The van der Waals surface area contributed by atoms with Crippen molar-refractivity contribution in [1.82, 2.24) is 14.8 Å². The fourth-order valence-corrected chi connectivity index (χ4v) is 3.98. The molecule has 146 valence electrons. The molecular weight excluding hydrogens is 440 g/mol. The van der Waals surface area contributed by atoms with E-state index in [4.69, 9.17) is 4.74 Å². The number of aromatic nitrogens is 3. The van der Waals surface area contributed by atoms with Crippen LogP contribution in [0.5, 0.6) is 5.75 Å². The number of hydrogen-bond donors (Lipinski definition) is 1. The molecule has 1 atom stereocenters. The second-order valence-electron chi connectivity index (χ2n) is 6.33. The first-order valence-electron chi connectivity index (χ1n) is 8.66. The van der Waals surface area contributed by atoms with E-state index in [1.807, 2.05) is 67.9 Å². The molecule has 3 aromatic rings. The monoisotopic (exact) mass is 460 g/mol. The van der Waals surface area contributed by atoms with Gasteiger partial charge in [0.2, 0.25) is 5.91 Å². The van der Waals surface area contributed by atoms with Crippen molar-refractivity contribution in [3.8, 4) is 17.1 Å². The second-order valence-corrected chi connectivity index (χ2v) is 8.49. The lowest BCUT2D eigenvalue weighted by Gasteiger charge is -2.13. The van der Waals surface area contributed by atoms with Gasteiger partial charge in [-0.25, -0.2) is 0 Å². The maximum absolute atomic E-state index is 12.6. The summed E-state index contributed by atoms with van der Waals surface area (Å²) < 4.78 is 7.94. The molecule has 0 saturated carbocycles. The Morgan fingerprint density at radius 2 is 1.93 bits per heavy atom. The molecule has 8 heteroatoms. The Morgan fingerprint density at radius 3 is 2.57 bits per heavy atom. The number of aryl methyl sites for hydroxylation is 1. The Morgan fingerprint density at radius 1 is 1.21 bits per heavy atom. The third-order valence-corrected chi connectivity index (χ3v) is 6.01. The minimum atomic E-state index is -0.333. The summed E-state index contributed by atoms with van der Waals surface area (Å²) in [5.41, 5.74) is 2.81. The largest absolute Gasteiger partial charge is 0.497 e. The number of carbonyl (C=O) groups excluding carboxylic acids is 1. The summed E-state index contributed by atoms with van der Waals surface area (Å²) >= 11 is 4.85. The van der Waals surface area contributed by atoms with Crippen LogP contribution in [-0.2, 0) is 11.8 Å². The summed E-state index contributed by atoms with van der Waals surface area (Å²) in [6, 6.07) is 13.4. The highest BCUT2D eigenvalue weighted by atomic mass is 79.9. The van der Waals surface area contributed by atoms with Gasteiger partial charge in [-0.1, -0.05) is 17.8 Å². The van der Waals surface area contributed by atoms with Crippen LogP contribution in [0.2, 0.25) is 0 Å². The second kappa shape index (κ2) is 8.79. The average molecular weight is 461 g/mol. The van der Waals surface area contributed by atoms with Crippen molar-refractivity contribution in [3.05, 3.63) is 52.5 Å². The van der Waals surface area contributed by atoms with Gasteiger partial charge in [0.15, 0.2) is 11.0 Å². The number of amides is 1. The van der Waals surface area contributed by atoms with Gasteiger partial charge in [-0.2, -0.15) is 0 Å². The van der Waals surface area contributed by atoms with Crippen molar-refractivity contribution in [2.24, 2.45) is 7.05 Å². The Kier molecular flexibility index (Phi) is 6.41. The third-order valence-electron chi connectivity index (χ3n) is 4.22. The number of methoxy groups -OCH3 is 1. The molecule has 3 rings (SSSR count). The number of nitrogens with zero attached hydrogens (tertiary/aromatic N) is 3. The van der Waals surface area contributed by atoms with Crippen LogP contribution in [0.25, 0.3) is 11.4 Å². The summed E-state index contributed by atoms with van der Waals surface area (Å²) in [7, 11) is 3.52. The van der Waals surface area contributed by atoms with Gasteiger partial charge < -0.3 is 14.6 Å². The van der Waals surface area contributed by atoms with Gasteiger partial charge in [-0.3, -0.25) is 4.79 Å². The zero-order valence-corrected chi connectivity index (χ0v) is 18.5. The number of rotatable bonds is 6. The summed E-state index contributed by atoms with van der Waals surface area (Å²) in [5, 5.41) is 11.8. The van der Waals surface area contributed by atoms with Crippen molar-refractivity contribution in [3.63, 3.8) is 0 Å². The summed E-state index contributed by atoms with van der Waals surface area (Å²) in [5.74, 6) is 1.43. The standard InChI is InChI=1S/C20H21BrN4O2S/c1-12-5-10-17(16(21)11-12)22-19(26)13(2)28-20-24-23-18(25(20)3)14-6-8-15(27-4)9-7-14/h5-11,13H,1-4H3,(H,22,26). The molecule has 0 bridgehead atoms. The van der Waals surface area contributed by atoms with Gasteiger partial charge in [-0.15, -0.1) is 10.2 Å². The highest BCUT2D eigenvalue weighted by Crippen LogP contribution is 2.28. The molecule has 0 spiro atoms. The van der Waals surface area contributed by atoms with Crippen LogP contribution >= 0.6 is 27.7 Å². The topological polar surface area (TPSA) is 69.0 Å². The Labute approximate surface area is 176 Å². The third kappa shape index (κ3) is 4.56. The van der Waals surface area contributed by atoms with Crippen molar-refractivity contribution in [1.29, 1.82) is 0 Å². The molecule has 0 aliphatic rings. The fourth-order valence-electron chi connectivity index (χ4n) is 2.58. The molecule has 28 heavy (non-hydrogen) atoms.